The van der Waals surface area contributed by atoms with Crippen LogP contribution >= 0.6 is 0 Å². The van der Waals surface area contributed by atoms with Gasteiger partial charge < -0.3 is 4.74 Å². The molecule has 2 aromatic carbocycles. The van der Waals surface area contributed by atoms with Crippen molar-refractivity contribution in [3.63, 3.8) is 0 Å². The minimum atomic E-state index is -1.18. The van der Waals surface area contributed by atoms with Crippen LogP contribution in [0.5, 0.6) is 0 Å². The van der Waals surface area contributed by atoms with E-state index in [0.29, 0.717) is 18.5 Å². The third kappa shape index (κ3) is 1.93. The van der Waals surface area contributed by atoms with E-state index in [4.69, 9.17) is 4.74 Å². The summed E-state index contributed by atoms with van der Waals surface area (Å²) in [7, 11) is 1.32. The van der Waals surface area contributed by atoms with Gasteiger partial charge >= 0.3 is 5.97 Å². The number of carbonyl (C=O) groups excluding carboxylic acids is 3. The maximum atomic E-state index is 13.5. The molecular formula is C22H20N2O4. The SMILES string of the molecule is COC(=O)[C@]12CC[C@](c3ccccc3)(N1)[C@@H]1C(=O)N(c3ccccc3)C(=O)[C@@H]12. The molecule has 28 heavy (non-hydrogen) atoms. The summed E-state index contributed by atoms with van der Waals surface area (Å²) >= 11 is 0. The van der Waals surface area contributed by atoms with Crippen molar-refractivity contribution in [3.05, 3.63) is 66.2 Å². The number of methoxy groups -OCH3 is 1. The van der Waals surface area contributed by atoms with Crippen molar-refractivity contribution in [2.45, 2.75) is 23.9 Å². The molecule has 4 atom stereocenters. The number of rotatable bonds is 3. The summed E-state index contributed by atoms with van der Waals surface area (Å²) in [6, 6.07) is 18.5. The van der Waals surface area contributed by atoms with Crippen molar-refractivity contribution < 1.29 is 19.1 Å². The van der Waals surface area contributed by atoms with Gasteiger partial charge in [-0.3, -0.25) is 19.7 Å². The Balaban J connectivity index is 1.69. The highest BCUT2D eigenvalue weighted by molar-refractivity contribution is 6.24. The van der Waals surface area contributed by atoms with Crippen LogP contribution in [0.2, 0.25) is 0 Å². The van der Waals surface area contributed by atoms with E-state index in [2.05, 4.69) is 5.32 Å². The number of benzene rings is 2. The van der Waals surface area contributed by atoms with Gasteiger partial charge in [-0.25, -0.2) is 4.90 Å². The number of hydrogen-bond acceptors (Lipinski definition) is 5. The Labute approximate surface area is 162 Å². The van der Waals surface area contributed by atoms with E-state index in [9.17, 15) is 14.4 Å². The van der Waals surface area contributed by atoms with Crippen molar-refractivity contribution in [1.29, 1.82) is 0 Å². The van der Waals surface area contributed by atoms with Gasteiger partial charge in [0, 0.05) is 0 Å². The molecule has 5 rings (SSSR count). The topological polar surface area (TPSA) is 75.7 Å². The fourth-order valence-electron chi connectivity index (χ4n) is 5.47. The third-order valence-corrected chi connectivity index (χ3v) is 6.58. The predicted molar refractivity (Wildman–Crippen MR) is 101 cm³/mol. The molecule has 3 heterocycles. The molecule has 0 aliphatic carbocycles. The van der Waals surface area contributed by atoms with Gasteiger partial charge in [-0.2, -0.15) is 0 Å². The number of ether oxygens (including phenoxy) is 1. The lowest BCUT2D eigenvalue weighted by molar-refractivity contribution is -0.152. The summed E-state index contributed by atoms with van der Waals surface area (Å²) in [6.45, 7) is 0. The first-order chi connectivity index (χ1) is 13.5. The van der Waals surface area contributed by atoms with Crippen LogP contribution in [-0.2, 0) is 24.7 Å². The Morgan fingerprint density at radius 1 is 0.964 bits per heavy atom. The molecule has 0 aromatic heterocycles. The number of carbonyl (C=O) groups is 3. The lowest BCUT2D eigenvalue weighted by atomic mass is 9.65. The molecule has 0 radical (unpaired) electrons. The Bertz CT molecular complexity index is 977. The summed E-state index contributed by atoms with van der Waals surface area (Å²) in [5.74, 6) is -2.49. The van der Waals surface area contributed by atoms with Crippen molar-refractivity contribution in [1.82, 2.24) is 5.32 Å². The number of nitrogens with zero attached hydrogens (tertiary/aromatic N) is 1. The zero-order chi connectivity index (χ0) is 19.5. The number of nitrogens with one attached hydrogen (secondary N) is 1. The van der Waals surface area contributed by atoms with Crippen LogP contribution in [0.15, 0.2) is 60.7 Å². The number of imide groups is 1. The van der Waals surface area contributed by atoms with Crippen LogP contribution in [0.25, 0.3) is 0 Å². The molecule has 2 aromatic rings. The van der Waals surface area contributed by atoms with Crippen LogP contribution in [-0.4, -0.2) is 30.4 Å². The fourth-order valence-corrected chi connectivity index (χ4v) is 5.47. The van der Waals surface area contributed by atoms with Gasteiger partial charge in [0.15, 0.2) is 0 Å². The molecular weight excluding hydrogens is 356 g/mol. The molecule has 0 unspecified atom stereocenters. The van der Waals surface area contributed by atoms with E-state index < -0.39 is 28.9 Å². The standard InChI is InChI=1S/C22H20N2O4/c1-28-20(27)22-13-12-21(23-22,14-8-4-2-5-9-14)16-17(22)19(26)24(18(16)25)15-10-6-3-7-11-15/h2-11,16-17,23H,12-13H2,1H3/t16-,17+,21+,22+/m0/s1. The van der Waals surface area contributed by atoms with Crippen LogP contribution < -0.4 is 10.2 Å². The van der Waals surface area contributed by atoms with E-state index in [-0.39, 0.29) is 11.8 Å². The molecule has 2 amide bonds. The second kappa shape index (κ2) is 5.75. The lowest BCUT2D eigenvalue weighted by Gasteiger charge is -2.33. The van der Waals surface area contributed by atoms with Gasteiger partial charge in [-0.1, -0.05) is 48.5 Å². The number of anilines is 1. The molecule has 2 bridgehead atoms. The predicted octanol–water partition coefficient (Wildman–Crippen LogP) is 2.00. The highest BCUT2D eigenvalue weighted by Crippen LogP contribution is 2.61. The lowest BCUT2D eigenvalue weighted by Crippen LogP contribution is -2.54. The van der Waals surface area contributed by atoms with Gasteiger partial charge in [-0.05, 0) is 30.5 Å². The van der Waals surface area contributed by atoms with Crippen molar-refractivity contribution in [3.8, 4) is 0 Å². The quantitative estimate of drug-likeness (QED) is 0.655. The number of fused-ring (bicyclic) bond motifs is 5. The van der Waals surface area contributed by atoms with Crippen molar-refractivity contribution in [2.75, 3.05) is 12.0 Å². The van der Waals surface area contributed by atoms with E-state index in [1.807, 2.05) is 36.4 Å². The highest BCUT2D eigenvalue weighted by Gasteiger charge is 2.77. The number of hydrogen-bond donors (Lipinski definition) is 1. The molecule has 3 fully saturated rings. The molecule has 3 saturated heterocycles. The molecule has 6 heteroatoms. The summed E-state index contributed by atoms with van der Waals surface area (Å²) in [5.41, 5.74) is -0.471. The smallest absolute Gasteiger partial charge is 0.326 e. The Morgan fingerprint density at radius 3 is 2.21 bits per heavy atom. The zero-order valence-corrected chi connectivity index (χ0v) is 15.4. The van der Waals surface area contributed by atoms with E-state index in [0.717, 1.165) is 5.56 Å². The average Bonchev–Trinajstić information content (AvgIpc) is 3.37. The second-order valence-corrected chi connectivity index (χ2v) is 7.73. The number of para-hydroxylation sites is 1. The number of amides is 2. The first kappa shape index (κ1) is 17.1. The molecule has 1 N–H and O–H groups in total. The van der Waals surface area contributed by atoms with Gasteiger partial charge in [0.2, 0.25) is 11.8 Å². The maximum Gasteiger partial charge on any atom is 0.326 e. The Kier molecular flexibility index (Phi) is 3.52. The number of esters is 1. The second-order valence-electron chi connectivity index (χ2n) is 7.73. The van der Waals surface area contributed by atoms with Crippen LogP contribution in [0.4, 0.5) is 5.69 Å². The Morgan fingerprint density at radius 2 is 1.57 bits per heavy atom. The van der Waals surface area contributed by atoms with Crippen LogP contribution in [0, 0.1) is 11.8 Å². The first-order valence-electron chi connectivity index (χ1n) is 9.41. The summed E-state index contributed by atoms with van der Waals surface area (Å²) in [6.07, 6.45) is 1.05. The van der Waals surface area contributed by atoms with Crippen LogP contribution in [0.3, 0.4) is 0 Å². The van der Waals surface area contributed by atoms with Crippen LogP contribution in [0.1, 0.15) is 18.4 Å². The van der Waals surface area contributed by atoms with Gasteiger partial charge in [0.05, 0.1) is 30.2 Å². The van der Waals surface area contributed by atoms with E-state index in [1.54, 1.807) is 24.3 Å². The van der Waals surface area contributed by atoms with Gasteiger partial charge in [-0.15, -0.1) is 0 Å². The van der Waals surface area contributed by atoms with Crippen molar-refractivity contribution in [2.24, 2.45) is 11.8 Å². The van der Waals surface area contributed by atoms with Crippen molar-refractivity contribution >= 4 is 23.5 Å². The fraction of sp³-hybridized carbons (Fsp3) is 0.318. The Hall–Kier alpha value is -2.99. The van der Waals surface area contributed by atoms with Gasteiger partial charge in [0.25, 0.3) is 0 Å². The highest BCUT2D eigenvalue weighted by atomic mass is 16.5. The maximum absolute atomic E-state index is 13.5. The minimum Gasteiger partial charge on any atom is -0.468 e. The third-order valence-electron chi connectivity index (χ3n) is 6.58. The molecule has 142 valence electrons. The summed E-state index contributed by atoms with van der Waals surface area (Å²) < 4.78 is 5.09. The molecule has 6 nitrogen and oxygen atoms in total. The largest absolute Gasteiger partial charge is 0.468 e. The molecule has 3 aliphatic rings. The summed E-state index contributed by atoms with van der Waals surface area (Å²) in [5, 5.41) is 3.41. The first-order valence-corrected chi connectivity index (χ1v) is 9.41. The monoisotopic (exact) mass is 376 g/mol. The zero-order valence-electron chi connectivity index (χ0n) is 15.4. The summed E-state index contributed by atoms with van der Waals surface area (Å²) in [4.78, 5) is 41.1. The minimum absolute atomic E-state index is 0.261. The molecule has 3 aliphatic heterocycles. The normalized spacial score (nSPS) is 33.2. The van der Waals surface area contributed by atoms with Gasteiger partial charge in [0.1, 0.15) is 5.54 Å². The molecule has 0 spiro atoms. The van der Waals surface area contributed by atoms with E-state index >= 15 is 0 Å². The van der Waals surface area contributed by atoms with E-state index in [1.165, 1.54) is 12.0 Å². The average molecular weight is 376 g/mol. The molecule has 0 saturated carbocycles.